The Morgan fingerprint density at radius 1 is 1.19 bits per heavy atom. The first-order valence-electron chi connectivity index (χ1n) is 8.89. The molecule has 0 aliphatic carbocycles. The summed E-state index contributed by atoms with van der Waals surface area (Å²) in [5.41, 5.74) is -0.128. The Kier molecular flexibility index (Phi) is 4.84. The summed E-state index contributed by atoms with van der Waals surface area (Å²) < 4.78 is 11.2. The van der Waals surface area contributed by atoms with E-state index in [-0.39, 0.29) is 24.8 Å². The smallest absolute Gasteiger partial charge is 0.417 e. The van der Waals surface area contributed by atoms with Crippen molar-refractivity contribution < 1.29 is 24.2 Å². The maximum absolute atomic E-state index is 12.4. The van der Waals surface area contributed by atoms with Gasteiger partial charge in [0.05, 0.1) is 12.1 Å². The Balaban J connectivity index is 1.65. The maximum Gasteiger partial charge on any atom is 0.417 e. The number of benzene rings is 1. The molecule has 2 saturated heterocycles. The summed E-state index contributed by atoms with van der Waals surface area (Å²) in [6.07, 6.45) is 0.812. The second kappa shape index (κ2) is 6.79. The van der Waals surface area contributed by atoms with E-state index >= 15 is 0 Å². The Hall–Kier alpha value is -2.28. The van der Waals surface area contributed by atoms with E-state index in [2.05, 4.69) is 4.90 Å². The minimum atomic E-state index is -0.648. The van der Waals surface area contributed by atoms with Crippen molar-refractivity contribution in [1.29, 1.82) is 0 Å². The van der Waals surface area contributed by atoms with E-state index in [9.17, 15) is 14.7 Å². The number of phenols is 1. The zero-order valence-electron chi connectivity index (χ0n) is 15.5. The molecule has 0 saturated carbocycles. The monoisotopic (exact) mass is 362 g/mol. The molecule has 142 valence electrons. The molecule has 0 radical (unpaired) electrons. The van der Waals surface area contributed by atoms with Crippen LogP contribution in [0.1, 0.15) is 33.6 Å². The highest BCUT2D eigenvalue weighted by molar-refractivity contribution is 5.93. The van der Waals surface area contributed by atoms with Gasteiger partial charge >= 0.3 is 6.09 Å². The van der Waals surface area contributed by atoms with Crippen LogP contribution in [-0.2, 0) is 14.3 Å². The van der Waals surface area contributed by atoms with E-state index in [1.165, 1.54) is 4.90 Å². The molecule has 2 fully saturated rings. The molecule has 2 aliphatic heterocycles. The first-order valence-corrected chi connectivity index (χ1v) is 8.89. The number of carbonyl (C=O) groups is 2. The van der Waals surface area contributed by atoms with Crippen LogP contribution in [0, 0.1) is 0 Å². The van der Waals surface area contributed by atoms with Crippen LogP contribution >= 0.6 is 0 Å². The summed E-state index contributed by atoms with van der Waals surface area (Å²) in [5.74, 6) is -0.116. The quantitative estimate of drug-likeness (QED) is 0.827. The molecule has 7 heteroatoms. The van der Waals surface area contributed by atoms with Gasteiger partial charge in [-0.1, -0.05) is 0 Å². The van der Waals surface area contributed by atoms with E-state index in [0.29, 0.717) is 12.8 Å². The number of hydrogen-bond acceptors (Lipinski definition) is 6. The second-order valence-electron chi connectivity index (χ2n) is 7.94. The Labute approximate surface area is 153 Å². The number of amides is 2. The van der Waals surface area contributed by atoms with Crippen LogP contribution in [0.3, 0.4) is 0 Å². The highest BCUT2D eigenvalue weighted by atomic mass is 16.6. The zero-order valence-corrected chi connectivity index (χ0v) is 15.5. The SMILES string of the molecule is CC(C)(C)OC(=O)N1CC2(CCN(c3ccc(O)cc3)CC2)OCC1=O. The number of carbonyl (C=O) groups excluding carboxylic acids is 2. The number of phenolic OH excluding ortho intramolecular Hbond substituents is 1. The van der Waals surface area contributed by atoms with Gasteiger partial charge in [-0.25, -0.2) is 9.69 Å². The van der Waals surface area contributed by atoms with Gasteiger partial charge in [-0.3, -0.25) is 4.79 Å². The Morgan fingerprint density at radius 3 is 2.38 bits per heavy atom. The fourth-order valence-electron chi connectivity index (χ4n) is 3.34. The minimum Gasteiger partial charge on any atom is -0.508 e. The standard InChI is InChI=1S/C19H26N2O5/c1-18(2,3)26-17(24)21-13-19(25-12-16(21)23)8-10-20(11-9-19)14-4-6-15(22)7-5-14/h4-7,22H,8-13H2,1-3H3. The van der Waals surface area contributed by atoms with E-state index in [0.717, 1.165) is 18.8 Å². The number of hydrogen-bond donors (Lipinski definition) is 1. The van der Waals surface area contributed by atoms with Crippen LogP contribution in [0.4, 0.5) is 10.5 Å². The van der Waals surface area contributed by atoms with Gasteiger partial charge in [0.2, 0.25) is 0 Å². The molecule has 3 rings (SSSR count). The fraction of sp³-hybridized carbons (Fsp3) is 0.579. The molecule has 2 amide bonds. The fourth-order valence-corrected chi connectivity index (χ4v) is 3.34. The number of rotatable bonds is 1. The van der Waals surface area contributed by atoms with Gasteiger partial charge in [-0.2, -0.15) is 0 Å². The third-order valence-electron chi connectivity index (χ3n) is 4.75. The number of aromatic hydroxyl groups is 1. The van der Waals surface area contributed by atoms with E-state index in [1.807, 2.05) is 12.1 Å². The van der Waals surface area contributed by atoms with Crippen LogP contribution < -0.4 is 4.90 Å². The molecule has 0 atom stereocenters. The van der Waals surface area contributed by atoms with Crippen molar-refractivity contribution in [3.8, 4) is 5.75 Å². The topological polar surface area (TPSA) is 79.3 Å². The zero-order chi connectivity index (χ0) is 18.9. The summed E-state index contributed by atoms with van der Waals surface area (Å²) in [6, 6.07) is 7.09. The molecule has 1 aromatic rings. The average molecular weight is 362 g/mol. The van der Waals surface area contributed by atoms with Crippen LogP contribution in [0.15, 0.2) is 24.3 Å². The molecule has 7 nitrogen and oxygen atoms in total. The van der Waals surface area contributed by atoms with E-state index in [1.54, 1.807) is 32.9 Å². The van der Waals surface area contributed by atoms with Gasteiger partial charge in [0, 0.05) is 18.8 Å². The highest BCUT2D eigenvalue weighted by Crippen LogP contribution is 2.33. The molecule has 1 N–H and O–H groups in total. The van der Waals surface area contributed by atoms with Crippen molar-refractivity contribution in [2.24, 2.45) is 0 Å². The molecule has 26 heavy (non-hydrogen) atoms. The van der Waals surface area contributed by atoms with Crippen LogP contribution in [-0.4, -0.2) is 59.5 Å². The van der Waals surface area contributed by atoms with Crippen molar-refractivity contribution in [3.05, 3.63) is 24.3 Å². The molecule has 1 spiro atoms. The molecular formula is C19H26N2O5. The number of imide groups is 1. The lowest BCUT2D eigenvalue weighted by Crippen LogP contribution is -2.60. The molecule has 0 aromatic heterocycles. The van der Waals surface area contributed by atoms with E-state index < -0.39 is 17.3 Å². The number of piperidine rings is 1. The minimum absolute atomic E-state index is 0.0988. The summed E-state index contributed by atoms with van der Waals surface area (Å²) in [6.45, 7) is 6.97. The number of anilines is 1. The second-order valence-corrected chi connectivity index (χ2v) is 7.94. The highest BCUT2D eigenvalue weighted by Gasteiger charge is 2.45. The Bertz CT molecular complexity index is 672. The van der Waals surface area contributed by atoms with Crippen molar-refractivity contribution in [3.63, 3.8) is 0 Å². The summed E-state index contributed by atoms with van der Waals surface area (Å²) in [7, 11) is 0. The van der Waals surface area contributed by atoms with Crippen LogP contribution in [0.2, 0.25) is 0 Å². The van der Waals surface area contributed by atoms with E-state index in [4.69, 9.17) is 9.47 Å². The first kappa shape index (κ1) is 18.5. The largest absolute Gasteiger partial charge is 0.508 e. The average Bonchev–Trinajstić information content (AvgIpc) is 2.57. The van der Waals surface area contributed by atoms with Gasteiger partial charge in [0.15, 0.2) is 0 Å². The number of morpholine rings is 1. The number of ether oxygens (including phenoxy) is 2. The van der Waals surface area contributed by atoms with Crippen LogP contribution in [0.5, 0.6) is 5.75 Å². The lowest BCUT2D eigenvalue weighted by molar-refractivity contribution is -0.164. The normalized spacial score (nSPS) is 20.3. The van der Waals surface area contributed by atoms with Gasteiger partial charge in [-0.15, -0.1) is 0 Å². The number of nitrogens with zero attached hydrogens (tertiary/aromatic N) is 2. The summed E-state index contributed by atoms with van der Waals surface area (Å²) in [4.78, 5) is 27.9. The summed E-state index contributed by atoms with van der Waals surface area (Å²) in [5, 5.41) is 9.42. The third kappa shape index (κ3) is 4.09. The predicted octanol–water partition coefficient (Wildman–Crippen LogP) is 2.53. The van der Waals surface area contributed by atoms with Crippen molar-refractivity contribution in [1.82, 2.24) is 4.90 Å². The molecule has 2 aliphatic rings. The maximum atomic E-state index is 12.4. The molecule has 2 heterocycles. The lowest BCUT2D eigenvalue weighted by Gasteiger charge is -2.46. The van der Waals surface area contributed by atoms with Crippen molar-refractivity contribution in [2.45, 2.75) is 44.8 Å². The first-order chi connectivity index (χ1) is 12.2. The van der Waals surface area contributed by atoms with Crippen molar-refractivity contribution >= 4 is 17.7 Å². The van der Waals surface area contributed by atoms with Gasteiger partial charge in [0.1, 0.15) is 18.0 Å². The molecule has 0 bridgehead atoms. The van der Waals surface area contributed by atoms with Gasteiger partial charge < -0.3 is 19.5 Å². The summed E-state index contributed by atoms with van der Waals surface area (Å²) >= 11 is 0. The lowest BCUT2D eigenvalue weighted by atomic mass is 9.89. The van der Waals surface area contributed by atoms with Crippen molar-refractivity contribution in [2.75, 3.05) is 31.1 Å². The molecule has 1 aromatic carbocycles. The predicted molar refractivity (Wildman–Crippen MR) is 96.2 cm³/mol. The van der Waals surface area contributed by atoms with Gasteiger partial charge in [0.25, 0.3) is 5.91 Å². The van der Waals surface area contributed by atoms with Crippen LogP contribution in [0.25, 0.3) is 0 Å². The molecular weight excluding hydrogens is 336 g/mol. The Morgan fingerprint density at radius 2 is 1.81 bits per heavy atom. The van der Waals surface area contributed by atoms with Gasteiger partial charge in [-0.05, 0) is 57.9 Å². The third-order valence-corrected chi connectivity index (χ3v) is 4.75. The molecule has 0 unspecified atom stereocenters.